The zero-order chi connectivity index (χ0) is 14.7. The van der Waals surface area contributed by atoms with Crippen LogP contribution in [0.25, 0.3) is 0 Å². The molecule has 0 amide bonds. The molecule has 0 bridgehead atoms. The van der Waals surface area contributed by atoms with E-state index < -0.39 is 5.97 Å². The number of hydrogen-bond donors (Lipinski definition) is 0. The zero-order valence-electron chi connectivity index (χ0n) is 11.6. The Morgan fingerprint density at radius 3 is 2.35 bits per heavy atom. The molecule has 0 atom stereocenters. The van der Waals surface area contributed by atoms with Crippen molar-refractivity contribution in [1.29, 1.82) is 0 Å². The van der Waals surface area contributed by atoms with E-state index in [1.54, 1.807) is 31.4 Å². The third-order valence-corrected chi connectivity index (χ3v) is 3.38. The number of carbonyl (C=O) groups is 1. The molecule has 0 heterocycles. The van der Waals surface area contributed by atoms with Crippen LogP contribution in [-0.4, -0.2) is 13.1 Å². The first-order valence-electron chi connectivity index (χ1n) is 6.14. The fourth-order valence-electron chi connectivity index (χ4n) is 1.96. The second-order valence-corrected chi connectivity index (χ2v) is 5.41. The molecule has 2 rings (SSSR count). The first kappa shape index (κ1) is 14.6. The lowest BCUT2D eigenvalue weighted by Gasteiger charge is -2.11. The molecule has 0 aliphatic heterocycles. The van der Waals surface area contributed by atoms with E-state index in [-0.39, 0.29) is 0 Å². The Balaban J connectivity index is 2.28. The highest BCUT2D eigenvalue weighted by Gasteiger charge is 2.13. The monoisotopic (exact) mass is 334 g/mol. The minimum Gasteiger partial charge on any atom is -0.497 e. The summed E-state index contributed by atoms with van der Waals surface area (Å²) in [5, 5.41) is 0. The summed E-state index contributed by atoms with van der Waals surface area (Å²) in [5.41, 5.74) is 2.28. The molecule has 4 heteroatoms. The van der Waals surface area contributed by atoms with Crippen molar-refractivity contribution in [2.24, 2.45) is 0 Å². The minimum atomic E-state index is -0.391. The van der Waals surface area contributed by atoms with E-state index in [1.807, 2.05) is 26.0 Å². The predicted octanol–water partition coefficient (Wildman–Crippen LogP) is 4.29. The van der Waals surface area contributed by atoms with Crippen LogP contribution in [-0.2, 0) is 0 Å². The SMILES string of the molecule is COc1cccc(C(=O)Oc2c(C)cc(Br)cc2C)c1. The second kappa shape index (κ2) is 6.09. The fourth-order valence-corrected chi connectivity index (χ4v) is 2.65. The maximum absolute atomic E-state index is 12.2. The van der Waals surface area contributed by atoms with Gasteiger partial charge in [-0.2, -0.15) is 0 Å². The van der Waals surface area contributed by atoms with Crippen LogP contribution in [0, 0.1) is 13.8 Å². The van der Waals surface area contributed by atoms with Gasteiger partial charge in [0.05, 0.1) is 12.7 Å². The number of benzene rings is 2. The van der Waals surface area contributed by atoms with Gasteiger partial charge in [0.1, 0.15) is 11.5 Å². The number of hydrogen-bond acceptors (Lipinski definition) is 3. The molecule has 104 valence electrons. The summed E-state index contributed by atoms with van der Waals surface area (Å²) in [6.45, 7) is 3.82. The summed E-state index contributed by atoms with van der Waals surface area (Å²) >= 11 is 3.42. The zero-order valence-corrected chi connectivity index (χ0v) is 13.2. The summed E-state index contributed by atoms with van der Waals surface area (Å²) in [7, 11) is 1.56. The Hall–Kier alpha value is -1.81. The number of esters is 1. The summed E-state index contributed by atoms with van der Waals surface area (Å²) in [4.78, 5) is 12.2. The highest BCUT2D eigenvalue weighted by Crippen LogP contribution is 2.28. The molecule has 3 nitrogen and oxygen atoms in total. The van der Waals surface area contributed by atoms with Crippen LogP contribution in [0.15, 0.2) is 40.9 Å². The average molecular weight is 335 g/mol. The average Bonchev–Trinajstić information content (AvgIpc) is 2.42. The smallest absolute Gasteiger partial charge is 0.343 e. The van der Waals surface area contributed by atoms with E-state index in [2.05, 4.69) is 15.9 Å². The number of ether oxygens (including phenoxy) is 2. The molecule has 0 aliphatic rings. The highest BCUT2D eigenvalue weighted by molar-refractivity contribution is 9.10. The Labute approximate surface area is 126 Å². The number of methoxy groups -OCH3 is 1. The molecule has 0 saturated heterocycles. The van der Waals surface area contributed by atoms with Gasteiger partial charge in [0.15, 0.2) is 0 Å². The van der Waals surface area contributed by atoms with E-state index >= 15 is 0 Å². The van der Waals surface area contributed by atoms with E-state index in [0.717, 1.165) is 15.6 Å². The first-order valence-corrected chi connectivity index (χ1v) is 6.93. The van der Waals surface area contributed by atoms with Gasteiger partial charge in [-0.15, -0.1) is 0 Å². The van der Waals surface area contributed by atoms with Gasteiger partial charge in [0.25, 0.3) is 0 Å². The molecule has 0 N–H and O–H groups in total. The van der Waals surface area contributed by atoms with E-state index in [1.165, 1.54) is 0 Å². The quantitative estimate of drug-likeness (QED) is 0.620. The number of rotatable bonds is 3. The van der Waals surface area contributed by atoms with Crippen LogP contribution in [0.3, 0.4) is 0 Å². The molecular weight excluding hydrogens is 320 g/mol. The highest BCUT2D eigenvalue weighted by atomic mass is 79.9. The van der Waals surface area contributed by atoms with Gasteiger partial charge in [-0.25, -0.2) is 4.79 Å². The van der Waals surface area contributed by atoms with Crippen LogP contribution in [0.4, 0.5) is 0 Å². The van der Waals surface area contributed by atoms with Gasteiger partial charge in [0, 0.05) is 4.47 Å². The van der Waals surface area contributed by atoms with Crippen molar-refractivity contribution in [3.05, 3.63) is 57.6 Å². The summed E-state index contributed by atoms with van der Waals surface area (Å²) in [5.74, 6) is 0.835. The summed E-state index contributed by atoms with van der Waals surface area (Å²) in [6, 6.07) is 10.7. The van der Waals surface area contributed by atoms with Crippen LogP contribution >= 0.6 is 15.9 Å². The molecule has 0 aliphatic carbocycles. The maximum Gasteiger partial charge on any atom is 0.343 e. The standard InChI is InChI=1S/C16H15BrO3/c1-10-7-13(17)8-11(2)15(10)20-16(18)12-5-4-6-14(9-12)19-3/h4-9H,1-3H3. The van der Waals surface area contributed by atoms with Gasteiger partial charge >= 0.3 is 5.97 Å². The molecule has 0 saturated carbocycles. The van der Waals surface area contributed by atoms with Crippen LogP contribution < -0.4 is 9.47 Å². The fraction of sp³-hybridized carbons (Fsp3) is 0.188. The first-order chi connectivity index (χ1) is 9.51. The molecular formula is C16H15BrO3. The topological polar surface area (TPSA) is 35.5 Å². The minimum absolute atomic E-state index is 0.391. The lowest BCUT2D eigenvalue weighted by atomic mass is 10.1. The van der Waals surface area contributed by atoms with Gasteiger partial charge in [-0.1, -0.05) is 22.0 Å². The van der Waals surface area contributed by atoms with E-state index in [9.17, 15) is 4.79 Å². The molecule has 0 fully saturated rings. The van der Waals surface area contributed by atoms with Crippen molar-refractivity contribution in [2.45, 2.75) is 13.8 Å². The third-order valence-electron chi connectivity index (χ3n) is 2.93. The number of halogens is 1. The Kier molecular flexibility index (Phi) is 4.45. The third kappa shape index (κ3) is 3.20. The normalized spacial score (nSPS) is 10.2. The second-order valence-electron chi connectivity index (χ2n) is 4.49. The van der Waals surface area contributed by atoms with Gasteiger partial charge in [-0.3, -0.25) is 0 Å². The van der Waals surface area contributed by atoms with E-state index in [0.29, 0.717) is 17.1 Å². The lowest BCUT2D eigenvalue weighted by molar-refractivity contribution is 0.0732. The molecule has 2 aromatic rings. The summed E-state index contributed by atoms with van der Waals surface area (Å²) < 4.78 is 11.6. The maximum atomic E-state index is 12.2. The van der Waals surface area contributed by atoms with Gasteiger partial charge in [-0.05, 0) is 55.3 Å². The van der Waals surface area contributed by atoms with Crippen molar-refractivity contribution in [2.75, 3.05) is 7.11 Å². The van der Waals surface area contributed by atoms with Crippen LogP contribution in [0.1, 0.15) is 21.5 Å². The van der Waals surface area contributed by atoms with Crippen LogP contribution in [0.2, 0.25) is 0 Å². The van der Waals surface area contributed by atoms with Crippen molar-refractivity contribution in [3.8, 4) is 11.5 Å². The predicted molar refractivity (Wildman–Crippen MR) is 81.6 cm³/mol. The van der Waals surface area contributed by atoms with Crippen molar-refractivity contribution in [1.82, 2.24) is 0 Å². The summed E-state index contributed by atoms with van der Waals surface area (Å²) in [6.07, 6.45) is 0. The van der Waals surface area contributed by atoms with Crippen LogP contribution in [0.5, 0.6) is 11.5 Å². The Morgan fingerprint density at radius 2 is 1.75 bits per heavy atom. The number of carbonyl (C=O) groups excluding carboxylic acids is 1. The number of aryl methyl sites for hydroxylation is 2. The van der Waals surface area contributed by atoms with Gasteiger partial charge in [0.2, 0.25) is 0 Å². The van der Waals surface area contributed by atoms with Gasteiger partial charge < -0.3 is 9.47 Å². The van der Waals surface area contributed by atoms with Crippen molar-refractivity contribution < 1.29 is 14.3 Å². The Bertz CT molecular complexity index is 627. The lowest BCUT2D eigenvalue weighted by Crippen LogP contribution is -2.10. The molecule has 0 spiro atoms. The molecule has 20 heavy (non-hydrogen) atoms. The molecule has 0 radical (unpaired) electrons. The Morgan fingerprint density at radius 1 is 1.10 bits per heavy atom. The molecule has 2 aromatic carbocycles. The van der Waals surface area contributed by atoms with Crippen molar-refractivity contribution >= 4 is 21.9 Å². The van der Waals surface area contributed by atoms with Crippen molar-refractivity contribution in [3.63, 3.8) is 0 Å². The largest absolute Gasteiger partial charge is 0.497 e. The molecule has 0 aromatic heterocycles. The van der Waals surface area contributed by atoms with E-state index in [4.69, 9.17) is 9.47 Å². The molecule has 0 unspecified atom stereocenters.